The van der Waals surface area contributed by atoms with Gasteiger partial charge >= 0.3 is 0 Å². The smallest absolute Gasteiger partial charge is 0.269 e. The number of hydrazone groups is 1. The minimum Gasteiger partial charge on any atom is -0.292 e. The lowest BCUT2D eigenvalue weighted by atomic mass is 10.00. The van der Waals surface area contributed by atoms with Gasteiger partial charge in [0.25, 0.3) is 5.69 Å². The van der Waals surface area contributed by atoms with Gasteiger partial charge in [0.05, 0.1) is 11.1 Å². The zero-order valence-corrected chi connectivity index (χ0v) is 11.3. The SMILES string of the molecule is C[C@@H]1CCC[C@H](C)N1/N=C\c1ccc([N+](=O)[O-])cc1. The molecule has 1 aliphatic heterocycles. The lowest BCUT2D eigenvalue weighted by molar-refractivity contribution is -0.384. The van der Waals surface area contributed by atoms with Crippen LogP contribution in [0.5, 0.6) is 0 Å². The summed E-state index contributed by atoms with van der Waals surface area (Å²) in [5.41, 5.74) is 0.993. The Morgan fingerprint density at radius 1 is 1.26 bits per heavy atom. The second-order valence-electron chi connectivity index (χ2n) is 5.10. The van der Waals surface area contributed by atoms with Crippen molar-refractivity contribution in [1.29, 1.82) is 0 Å². The van der Waals surface area contributed by atoms with Crippen LogP contribution in [0.4, 0.5) is 5.69 Å². The first-order valence-electron chi connectivity index (χ1n) is 6.64. The van der Waals surface area contributed by atoms with E-state index in [4.69, 9.17) is 0 Å². The van der Waals surface area contributed by atoms with E-state index in [2.05, 4.69) is 24.0 Å². The highest BCUT2D eigenvalue weighted by molar-refractivity contribution is 5.79. The molecule has 0 aromatic heterocycles. The van der Waals surface area contributed by atoms with Gasteiger partial charge < -0.3 is 0 Å². The van der Waals surface area contributed by atoms with Crippen LogP contribution in [0.3, 0.4) is 0 Å². The number of piperidine rings is 1. The van der Waals surface area contributed by atoms with E-state index in [1.54, 1.807) is 18.3 Å². The fourth-order valence-corrected chi connectivity index (χ4v) is 2.45. The first-order valence-corrected chi connectivity index (χ1v) is 6.64. The summed E-state index contributed by atoms with van der Waals surface area (Å²) in [6.45, 7) is 4.37. The molecule has 0 N–H and O–H groups in total. The molecule has 1 aromatic rings. The van der Waals surface area contributed by atoms with Crippen LogP contribution in [0.25, 0.3) is 0 Å². The van der Waals surface area contributed by atoms with Crippen molar-refractivity contribution in [3.05, 3.63) is 39.9 Å². The second kappa shape index (κ2) is 5.82. The average molecular weight is 261 g/mol. The van der Waals surface area contributed by atoms with Gasteiger partial charge in [-0.2, -0.15) is 5.10 Å². The van der Waals surface area contributed by atoms with Gasteiger partial charge in [0.2, 0.25) is 0 Å². The predicted molar refractivity (Wildman–Crippen MR) is 75.3 cm³/mol. The molecule has 0 spiro atoms. The summed E-state index contributed by atoms with van der Waals surface area (Å²) < 4.78 is 0. The van der Waals surface area contributed by atoms with Crippen LogP contribution in [-0.2, 0) is 0 Å². The Bertz CT molecular complexity index is 460. The number of nitro groups is 1. The lowest BCUT2D eigenvalue weighted by Gasteiger charge is -2.36. The van der Waals surface area contributed by atoms with Crippen molar-refractivity contribution in [2.24, 2.45) is 5.10 Å². The van der Waals surface area contributed by atoms with Crippen LogP contribution in [0, 0.1) is 10.1 Å². The third-order valence-corrected chi connectivity index (χ3v) is 3.59. The van der Waals surface area contributed by atoms with Gasteiger partial charge in [0, 0.05) is 24.2 Å². The molecule has 5 heteroatoms. The minimum atomic E-state index is -0.393. The van der Waals surface area contributed by atoms with Crippen molar-refractivity contribution in [3.8, 4) is 0 Å². The summed E-state index contributed by atoms with van der Waals surface area (Å²) >= 11 is 0. The number of nitrogens with zero attached hydrogens (tertiary/aromatic N) is 3. The zero-order valence-electron chi connectivity index (χ0n) is 11.3. The predicted octanol–water partition coefficient (Wildman–Crippen LogP) is 3.19. The monoisotopic (exact) mass is 261 g/mol. The number of benzene rings is 1. The molecule has 1 fully saturated rings. The molecular formula is C14H19N3O2. The summed E-state index contributed by atoms with van der Waals surface area (Å²) in [6, 6.07) is 7.37. The molecule has 5 nitrogen and oxygen atoms in total. The van der Waals surface area contributed by atoms with Gasteiger partial charge in [-0.15, -0.1) is 0 Å². The lowest BCUT2D eigenvalue weighted by Crippen LogP contribution is -2.39. The fourth-order valence-electron chi connectivity index (χ4n) is 2.45. The summed E-state index contributed by atoms with van der Waals surface area (Å²) in [4.78, 5) is 10.2. The maximum Gasteiger partial charge on any atom is 0.269 e. The van der Waals surface area contributed by atoms with E-state index in [1.807, 2.05) is 0 Å². The molecule has 1 aromatic carbocycles. The van der Waals surface area contributed by atoms with E-state index in [1.165, 1.54) is 31.4 Å². The van der Waals surface area contributed by atoms with Gasteiger partial charge in [-0.25, -0.2) is 0 Å². The van der Waals surface area contributed by atoms with Gasteiger partial charge in [-0.3, -0.25) is 15.1 Å². The first-order chi connectivity index (χ1) is 9.08. The van der Waals surface area contributed by atoms with E-state index >= 15 is 0 Å². The molecule has 0 radical (unpaired) electrons. The molecule has 102 valence electrons. The van der Waals surface area contributed by atoms with Crippen LogP contribution in [0.15, 0.2) is 29.4 Å². The third kappa shape index (κ3) is 3.30. The van der Waals surface area contributed by atoms with Crippen LogP contribution < -0.4 is 0 Å². The second-order valence-corrected chi connectivity index (χ2v) is 5.10. The molecule has 0 unspecified atom stereocenters. The van der Waals surface area contributed by atoms with E-state index in [0.717, 1.165) is 5.56 Å². The van der Waals surface area contributed by atoms with Crippen molar-refractivity contribution in [2.45, 2.75) is 45.2 Å². The van der Waals surface area contributed by atoms with E-state index < -0.39 is 4.92 Å². The van der Waals surface area contributed by atoms with Crippen LogP contribution in [0.2, 0.25) is 0 Å². The van der Waals surface area contributed by atoms with Crippen molar-refractivity contribution < 1.29 is 4.92 Å². The number of hydrogen-bond acceptors (Lipinski definition) is 4. The maximum atomic E-state index is 10.6. The molecule has 0 amide bonds. The quantitative estimate of drug-likeness (QED) is 0.477. The summed E-state index contributed by atoms with van der Waals surface area (Å²) in [6.07, 6.45) is 5.37. The fraction of sp³-hybridized carbons (Fsp3) is 0.500. The minimum absolute atomic E-state index is 0.108. The Morgan fingerprint density at radius 3 is 2.37 bits per heavy atom. The van der Waals surface area contributed by atoms with Crippen molar-refractivity contribution in [3.63, 3.8) is 0 Å². The Labute approximate surface area is 113 Å². The summed E-state index contributed by atoms with van der Waals surface area (Å²) in [7, 11) is 0. The largest absolute Gasteiger partial charge is 0.292 e. The highest BCUT2D eigenvalue weighted by atomic mass is 16.6. The van der Waals surface area contributed by atoms with Crippen molar-refractivity contribution in [2.75, 3.05) is 0 Å². The number of nitro benzene ring substituents is 1. The van der Waals surface area contributed by atoms with E-state index in [0.29, 0.717) is 12.1 Å². The van der Waals surface area contributed by atoms with Crippen LogP contribution in [0.1, 0.15) is 38.7 Å². The first kappa shape index (κ1) is 13.5. The number of non-ortho nitro benzene ring substituents is 1. The molecule has 0 saturated carbocycles. The van der Waals surface area contributed by atoms with Gasteiger partial charge in [-0.05, 0) is 50.8 Å². The molecule has 0 bridgehead atoms. The normalized spacial score (nSPS) is 23.8. The summed E-state index contributed by atoms with van der Waals surface area (Å²) in [5, 5.41) is 17.2. The Hall–Kier alpha value is -1.91. The topological polar surface area (TPSA) is 58.7 Å². The highest BCUT2D eigenvalue weighted by Gasteiger charge is 2.22. The molecule has 1 aliphatic rings. The van der Waals surface area contributed by atoms with Gasteiger partial charge in [-0.1, -0.05) is 0 Å². The number of rotatable bonds is 3. The van der Waals surface area contributed by atoms with E-state index in [9.17, 15) is 10.1 Å². The van der Waals surface area contributed by atoms with Crippen molar-refractivity contribution >= 4 is 11.9 Å². The average Bonchev–Trinajstić information content (AvgIpc) is 2.38. The van der Waals surface area contributed by atoms with Crippen LogP contribution in [-0.4, -0.2) is 28.2 Å². The molecule has 1 heterocycles. The third-order valence-electron chi connectivity index (χ3n) is 3.59. The molecule has 0 aliphatic carbocycles. The van der Waals surface area contributed by atoms with Crippen molar-refractivity contribution in [1.82, 2.24) is 5.01 Å². The molecule has 1 saturated heterocycles. The zero-order chi connectivity index (χ0) is 13.8. The molecular weight excluding hydrogens is 242 g/mol. The Morgan fingerprint density at radius 2 is 1.84 bits per heavy atom. The maximum absolute atomic E-state index is 10.6. The standard InChI is InChI=1S/C14H19N3O2/c1-11-4-3-5-12(2)16(11)15-10-13-6-8-14(9-7-13)17(18)19/h6-12H,3-5H2,1-2H3/b15-10-/t11-,12+. The highest BCUT2D eigenvalue weighted by Crippen LogP contribution is 2.22. The molecule has 19 heavy (non-hydrogen) atoms. The number of hydrogen-bond donors (Lipinski definition) is 0. The molecule has 2 rings (SSSR count). The molecule has 2 atom stereocenters. The summed E-state index contributed by atoms with van der Waals surface area (Å²) in [5.74, 6) is 0. The Kier molecular flexibility index (Phi) is 4.14. The van der Waals surface area contributed by atoms with Crippen LogP contribution >= 0.6 is 0 Å². The Balaban J connectivity index is 2.07. The van der Waals surface area contributed by atoms with Gasteiger partial charge in [0.15, 0.2) is 0 Å². The van der Waals surface area contributed by atoms with E-state index in [-0.39, 0.29) is 5.69 Å². The van der Waals surface area contributed by atoms with Gasteiger partial charge in [0.1, 0.15) is 0 Å².